The van der Waals surface area contributed by atoms with Crippen LogP contribution in [0.3, 0.4) is 0 Å². The molecule has 9 heteroatoms. The van der Waals surface area contributed by atoms with Gasteiger partial charge in [0.1, 0.15) is 17.2 Å². The van der Waals surface area contributed by atoms with Gasteiger partial charge in [-0.2, -0.15) is 0 Å². The van der Waals surface area contributed by atoms with Crippen LogP contribution in [-0.4, -0.2) is 44.3 Å². The lowest BCUT2D eigenvalue weighted by Crippen LogP contribution is -2.23. The molecule has 1 N–H and O–H groups in total. The Labute approximate surface area is 196 Å². The number of nitrogens with one attached hydrogen (secondary N) is 1. The number of amides is 1. The molecule has 0 aliphatic rings. The molecule has 0 aliphatic heterocycles. The summed E-state index contributed by atoms with van der Waals surface area (Å²) in [5.74, 6) is 1.13. The topological polar surface area (TPSA) is 96.0 Å². The fraction of sp³-hybridized carbons (Fsp3) is 0.292. The van der Waals surface area contributed by atoms with Gasteiger partial charge in [-0.25, -0.2) is 9.78 Å². The summed E-state index contributed by atoms with van der Waals surface area (Å²) < 4.78 is 21.0. The van der Waals surface area contributed by atoms with E-state index in [1.54, 1.807) is 49.9 Å². The first-order valence-corrected chi connectivity index (χ1v) is 11.1. The number of methoxy groups -OCH3 is 2. The van der Waals surface area contributed by atoms with Crippen molar-refractivity contribution >= 4 is 28.3 Å². The van der Waals surface area contributed by atoms with E-state index in [2.05, 4.69) is 24.1 Å². The maximum Gasteiger partial charge on any atom is 0.344 e. The molecule has 33 heavy (non-hydrogen) atoms. The quantitative estimate of drug-likeness (QED) is 0.436. The first-order valence-electron chi connectivity index (χ1n) is 10.3. The van der Waals surface area contributed by atoms with Crippen molar-refractivity contribution in [1.82, 2.24) is 4.98 Å². The minimum absolute atomic E-state index is 0.286. The molecule has 0 saturated heterocycles. The fourth-order valence-corrected chi connectivity index (χ4v) is 3.63. The number of anilines is 1. The van der Waals surface area contributed by atoms with E-state index in [9.17, 15) is 9.59 Å². The molecule has 3 aromatic rings. The van der Waals surface area contributed by atoms with E-state index in [-0.39, 0.29) is 6.61 Å². The average Bonchev–Trinajstić information content (AvgIpc) is 3.29. The van der Waals surface area contributed by atoms with Crippen LogP contribution in [0.4, 0.5) is 5.13 Å². The predicted molar refractivity (Wildman–Crippen MR) is 126 cm³/mol. The van der Waals surface area contributed by atoms with Gasteiger partial charge in [0, 0.05) is 10.9 Å². The maximum atomic E-state index is 12.2. The van der Waals surface area contributed by atoms with Gasteiger partial charge in [-0.3, -0.25) is 10.1 Å². The third-order valence-electron chi connectivity index (χ3n) is 4.70. The van der Waals surface area contributed by atoms with Crippen molar-refractivity contribution < 1.29 is 28.5 Å². The first-order chi connectivity index (χ1) is 15.9. The molecule has 1 heterocycles. The van der Waals surface area contributed by atoms with Crippen LogP contribution in [0.5, 0.6) is 17.2 Å². The van der Waals surface area contributed by atoms with Crippen molar-refractivity contribution in [2.45, 2.75) is 19.8 Å². The second-order valence-corrected chi connectivity index (χ2v) is 8.18. The molecule has 0 spiro atoms. The monoisotopic (exact) mass is 470 g/mol. The standard InChI is InChI=1S/C24H26N2O6S/c1-15(2)16-5-7-17(8-6-16)31-13-23(28)32-12-22(27)26-24-25-20(14-33-24)19-11-18(29-3)9-10-21(19)30-4/h5-11,14-15H,12-13H2,1-4H3,(H,25,26,27). The number of esters is 1. The molecule has 0 unspecified atom stereocenters. The zero-order valence-corrected chi connectivity index (χ0v) is 19.7. The second kappa shape index (κ2) is 11.3. The third kappa shape index (κ3) is 6.69. The average molecular weight is 471 g/mol. The summed E-state index contributed by atoms with van der Waals surface area (Å²) in [5.41, 5.74) is 2.54. The highest BCUT2D eigenvalue weighted by atomic mass is 32.1. The van der Waals surface area contributed by atoms with E-state index >= 15 is 0 Å². The SMILES string of the molecule is COc1ccc(OC)c(-c2csc(NC(=O)COC(=O)COc3ccc(C(C)C)cc3)n2)c1. The van der Waals surface area contributed by atoms with E-state index in [0.717, 1.165) is 5.56 Å². The molecule has 0 aliphatic carbocycles. The lowest BCUT2D eigenvalue weighted by Gasteiger charge is -2.09. The molecule has 0 bridgehead atoms. The van der Waals surface area contributed by atoms with Crippen molar-refractivity contribution in [3.8, 4) is 28.5 Å². The molecule has 174 valence electrons. The minimum Gasteiger partial charge on any atom is -0.497 e. The van der Waals surface area contributed by atoms with Gasteiger partial charge in [0.15, 0.2) is 18.3 Å². The lowest BCUT2D eigenvalue weighted by atomic mass is 10.0. The van der Waals surface area contributed by atoms with Gasteiger partial charge in [0.25, 0.3) is 5.91 Å². The summed E-state index contributed by atoms with van der Waals surface area (Å²) in [6.45, 7) is 3.47. The molecule has 0 radical (unpaired) electrons. The zero-order valence-electron chi connectivity index (χ0n) is 18.9. The van der Waals surface area contributed by atoms with E-state index < -0.39 is 18.5 Å². The van der Waals surface area contributed by atoms with E-state index in [4.69, 9.17) is 18.9 Å². The van der Waals surface area contributed by atoms with Crippen molar-refractivity contribution in [1.29, 1.82) is 0 Å². The number of rotatable bonds is 10. The lowest BCUT2D eigenvalue weighted by molar-refractivity contribution is -0.149. The van der Waals surface area contributed by atoms with Crippen LogP contribution in [0, 0.1) is 0 Å². The molecular formula is C24H26N2O6S. The van der Waals surface area contributed by atoms with E-state index in [1.165, 1.54) is 16.9 Å². The summed E-state index contributed by atoms with van der Waals surface area (Å²) in [5, 5.41) is 4.78. The number of nitrogens with zero attached hydrogens (tertiary/aromatic N) is 1. The third-order valence-corrected chi connectivity index (χ3v) is 5.46. The van der Waals surface area contributed by atoms with Crippen LogP contribution in [0.15, 0.2) is 47.8 Å². The summed E-state index contributed by atoms with van der Waals surface area (Å²) >= 11 is 1.25. The Morgan fingerprint density at radius 3 is 2.39 bits per heavy atom. The van der Waals surface area contributed by atoms with Gasteiger partial charge in [-0.05, 0) is 41.8 Å². The summed E-state index contributed by atoms with van der Waals surface area (Å²) in [4.78, 5) is 28.5. The van der Waals surface area contributed by atoms with Crippen LogP contribution in [0.25, 0.3) is 11.3 Å². The fourth-order valence-electron chi connectivity index (χ4n) is 2.90. The Bertz CT molecular complexity index is 1090. The Kier molecular flexibility index (Phi) is 8.26. The van der Waals surface area contributed by atoms with Gasteiger partial charge >= 0.3 is 5.97 Å². The highest BCUT2D eigenvalue weighted by Crippen LogP contribution is 2.35. The summed E-state index contributed by atoms with van der Waals surface area (Å²) in [7, 11) is 3.15. The number of thiazole rings is 1. The number of ether oxygens (including phenoxy) is 4. The van der Waals surface area contributed by atoms with Crippen molar-refractivity contribution in [2.75, 3.05) is 32.8 Å². The van der Waals surface area contributed by atoms with Gasteiger partial charge in [0.05, 0.1) is 19.9 Å². The number of carbonyl (C=O) groups is 2. The summed E-state index contributed by atoms with van der Waals surface area (Å²) in [6.07, 6.45) is 0. The van der Waals surface area contributed by atoms with Gasteiger partial charge < -0.3 is 18.9 Å². The number of aromatic nitrogens is 1. The highest BCUT2D eigenvalue weighted by molar-refractivity contribution is 7.14. The number of carbonyl (C=O) groups excluding carboxylic acids is 2. The number of benzene rings is 2. The van der Waals surface area contributed by atoms with E-state index in [0.29, 0.717) is 34.0 Å². The van der Waals surface area contributed by atoms with Crippen LogP contribution in [0.2, 0.25) is 0 Å². The Morgan fingerprint density at radius 1 is 1.00 bits per heavy atom. The normalized spacial score (nSPS) is 10.6. The van der Waals surface area contributed by atoms with Crippen LogP contribution >= 0.6 is 11.3 Å². The van der Waals surface area contributed by atoms with Crippen LogP contribution < -0.4 is 19.5 Å². The molecule has 3 rings (SSSR count). The van der Waals surface area contributed by atoms with Crippen molar-refractivity contribution in [3.63, 3.8) is 0 Å². The molecule has 2 aromatic carbocycles. The van der Waals surface area contributed by atoms with Crippen LogP contribution in [0.1, 0.15) is 25.3 Å². The molecule has 0 atom stereocenters. The molecule has 8 nitrogen and oxygen atoms in total. The molecule has 0 saturated carbocycles. The van der Waals surface area contributed by atoms with E-state index in [1.807, 2.05) is 12.1 Å². The number of hydrogen-bond acceptors (Lipinski definition) is 8. The Hall–Kier alpha value is -3.59. The van der Waals surface area contributed by atoms with Gasteiger partial charge in [-0.15, -0.1) is 11.3 Å². The molecular weight excluding hydrogens is 444 g/mol. The molecule has 1 amide bonds. The van der Waals surface area contributed by atoms with Crippen molar-refractivity contribution in [3.05, 3.63) is 53.4 Å². The highest BCUT2D eigenvalue weighted by Gasteiger charge is 2.14. The zero-order chi connectivity index (χ0) is 23.8. The van der Waals surface area contributed by atoms with Crippen molar-refractivity contribution in [2.24, 2.45) is 0 Å². The summed E-state index contributed by atoms with van der Waals surface area (Å²) in [6, 6.07) is 12.9. The van der Waals surface area contributed by atoms with Gasteiger partial charge in [-0.1, -0.05) is 26.0 Å². The minimum atomic E-state index is -0.640. The molecule has 0 fully saturated rings. The largest absolute Gasteiger partial charge is 0.497 e. The first kappa shape index (κ1) is 24.1. The Balaban J connectivity index is 1.48. The number of hydrogen-bond donors (Lipinski definition) is 1. The maximum absolute atomic E-state index is 12.2. The van der Waals surface area contributed by atoms with Gasteiger partial charge in [0.2, 0.25) is 0 Å². The predicted octanol–water partition coefficient (Wildman–Crippen LogP) is 4.51. The van der Waals surface area contributed by atoms with Crippen LogP contribution in [-0.2, 0) is 14.3 Å². The smallest absolute Gasteiger partial charge is 0.344 e. The molecule has 1 aromatic heterocycles. The second-order valence-electron chi connectivity index (χ2n) is 7.33. The Morgan fingerprint density at radius 2 is 1.73 bits per heavy atom.